The normalized spacial score (nSPS) is 17.2. The van der Waals surface area contributed by atoms with E-state index in [0.29, 0.717) is 5.82 Å². The fourth-order valence-corrected chi connectivity index (χ4v) is 3.41. The summed E-state index contributed by atoms with van der Waals surface area (Å²) < 4.78 is 39.3. The molecule has 28 heavy (non-hydrogen) atoms. The molecule has 1 unspecified atom stereocenters. The second-order valence-electron chi connectivity index (χ2n) is 6.89. The predicted octanol–water partition coefficient (Wildman–Crippen LogP) is 3.73. The molecule has 2 aromatic rings. The molecule has 0 spiro atoms. The molecule has 9 heteroatoms. The van der Waals surface area contributed by atoms with Gasteiger partial charge in [-0.15, -0.1) is 0 Å². The molecular weight excluding hydrogens is 371 g/mol. The van der Waals surface area contributed by atoms with E-state index >= 15 is 0 Å². The molecule has 1 aromatic heterocycles. The van der Waals surface area contributed by atoms with E-state index in [0.717, 1.165) is 44.0 Å². The molecule has 1 saturated heterocycles. The molecule has 0 amide bonds. The van der Waals surface area contributed by atoms with Crippen LogP contribution in [0, 0.1) is 0 Å². The molecule has 1 aromatic carbocycles. The van der Waals surface area contributed by atoms with Gasteiger partial charge < -0.3 is 21.1 Å². The predicted molar refractivity (Wildman–Crippen MR) is 103 cm³/mol. The Kier molecular flexibility index (Phi) is 5.93. The standard InChI is InChI=1S/C19H24F3N5O/c1-2-4-12-10-17(27-8-3-5-14(27)11-28)26-18(24-12)25-13-6-7-16(23)15(9-13)19(20,21)22/h6-7,9-10,14,28H,2-5,8,11,23H2,1H3,(H,24,25,26). The summed E-state index contributed by atoms with van der Waals surface area (Å²) >= 11 is 0. The molecule has 1 aliphatic rings. The van der Waals surface area contributed by atoms with Gasteiger partial charge in [0, 0.05) is 29.7 Å². The summed E-state index contributed by atoms with van der Waals surface area (Å²) in [5.41, 5.74) is 5.23. The van der Waals surface area contributed by atoms with Crippen molar-refractivity contribution in [1.82, 2.24) is 9.97 Å². The van der Waals surface area contributed by atoms with Crippen molar-refractivity contribution in [3.05, 3.63) is 35.5 Å². The van der Waals surface area contributed by atoms with E-state index in [9.17, 15) is 18.3 Å². The number of aromatic nitrogens is 2. The molecule has 6 nitrogen and oxygen atoms in total. The van der Waals surface area contributed by atoms with Crippen molar-refractivity contribution in [3.8, 4) is 0 Å². The van der Waals surface area contributed by atoms with Crippen LogP contribution in [0.2, 0.25) is 0 Å². The van der Waals surface area contributed by atoms with Gasteiger partial charge in [-0.2, -0.15) is 18.2 Å². The summed E-state index contributed by atoms with van der Waals surface area (Å²) in [6.07, 6.45) is -1.12. The first-order valence-electron chi connectivity index (χ1n) is 9.31. The lowest BCUT2D eigenvalue weighted by Crippen LogP contribution is -2.33. The number of aliphatic hydroxyl groups is 1. The Bertz CT molecular complexity index is 828. The fraction of sp³-hybridized carbons (Fsp3) is 0.474. The highest BCUT2D eigenvalue weighted by Crippen LogP contribution is 2.35. The largest absolute Gasteiger partial charge is 0.418 e. The minimum absolute atomic E-state index is 0.00872. The SMILES string of the molecule is CCCc1cc(N2CCCC2CO)nc(Nc2ccc(N)c(C(F)(F)F)c2)n1. The molecule has 4 N–H and O–H groups in total. The maximum atomic E-state index is 13.1. The lowest BCUT2D eigenvalue weighted by Gasteiger charge is -2.25. The van der Waals surface area contributed by atoms with Crippen LogP contribution in [0.5, 0.6) is 0 Å². The van der Waals surface area contributed by atoms with E-state index in [1.165, 1.54) is 12.1 Å². The van der Waals surface area contributed by atoms with Gasteiger partial charge in [0.05, 0.1) is 18.2 Å². The van der Waals surface area contributed by atoms with E-state index in [1.54, 1.807) is 0 Å². The molecule has 0 saturated carbocycles. The van der Waals surface area contributed by atoms with Gasteiger partial charge >= 0.3 is 6.18 Å². The van der Waals surface area contributed by atoms with Crippen LogP contribution in [0.15, 0.2) is 24.3 Å². The van der Waals surface area contributed by atoms with E-state index < -0.39 is 11.7 Å². The molecule has 0 radical (unpaired) electrons. The van der Waals surface area contributed by atoms with E-state index in [4.69, 9.17) is 5.73 Å². The first-order valence-corrected chi connectivity index (χ1v) is 9.31. The lowest BCUT2D eigenvalue weighted by molar-refractivity contribution is -0.136. The number of nitrogens with zero attached hydrogens (tertiary/aromatic N) is 3. The van der Waals surface area contributed by atoms with Gasteiger partial charge in [-0.25, -0.2) is 4.98 Å². The van der Waals surface area contributed by atoms with Crippen molar-refractivity contribution >= 4 is 23.1 Å². The van der Waals surface area contributed by atoms with Crippen LogP contribution in [0.4, 0.5) is 36.3 Å². The highest BCUT2D eigenvalue weighted by atomic mass is 19.4. The molecule has 152 valence electrons. The molecule has 1 aliphatic heterocycles. The Morgan fingerprint density at radius 3 is 2.75 bits per heavy atom. The summed E-state index contributed by atoms with van der Waals surface area (Å²) in [5.74, 6) is 0.895. The zero-order valence-corrected chi connectivity index (χ0v) is 15.6. The third-order valence-corrected chi connectivity index (χ3v) is 4.77. The zero-order valence-electron chi connectivity index (χ0n) is 15.6. The van der Waals surface area contributed by atoms with Gasteiger partial charge in [-0.05, 0) is 37.5 Å². The Morgan fingerprint density at radius 1 is 1.29 bits per heavy atom. The molecule has 0 bridgehead atoms. The van der Waals surface area contributed by atoms with Crippen LogP contribution in [0.25, 0.3) is 0 Å². The minimum atomic E-state index is -4.54. The average molecular weight is 395 g/mol. The first kappa shape index (κ1) is 20.2. The smallest absolute Gasteiger partial charge is 0.398 e. The maximum Gasteiger partial charge on any atom is 0.418 e. The molecule has 1 atom stereocenters. The molecule has 1 fully saturated rings. The van der Waals surface area contributed by atoms with Gasteiger partial charge in [0.25, 0.3) is 0 Å². The Hall–Kier alpha value is -2.55. The van der Waals surface area contributed by atoms with E-state index in [1.807, 2.05) is 17.9 Å². The minimum Gasteiger partial charge on any atom is -0.398 e. The second kappa shape index (κ2) is 8.22. The molecule has 0 aliphatic carbocycles. The van der Waals surface area contributed by atoms with Crippen molar-refractivity contribution in [2.24, 2.45) is 0 Å². The summed E-state index contributed by atoms with van der Waals surface area (Å²) in [6, 6.07) is 5.51. The number of nitrogen functional groups attached to an aromatic ring is 1. The molecule has 3 rings (SSSR count). The van der Waals surface area contributed by atoms with Crippen LogP contribution in [-0.2, 0) is 12.6 Å². The van der Waals surface area contributed by atoms with E-state index in [2.05, 4.69) is 15.3 Å². The van der Waals surface area contributed by atoms with Gasteiger partial charge in [-0.1, -0.05) is 13.3 Å². The quantitative estimate of drug-likeness (QED) is 0.646. The Labute approximate surface area is 161 Å². The Morgan fingerprint density at radius 2 is 2.07 bits per heavy atom. The molecule has 2 heterocycles. The lowest BCUT2D eigenvalue weighted by atomic mass is 10.1. The first-order chi connectivity index (χ1) is 13.3. The number of rotatable bonds is 6. The third kappa shape index (κ3) is 4.46. The van der Waals surface area contributed by atoms with Gasteiger partial charge in [0.1, 0.15) is 5.82 Å². The summed E-state index contributed by atoms with van der Waals surface area (Å²) in [7, 11) is 0. The maximum absolute atomic E-state index is 13.1. The van der Waals surface area contributed by atoms with Crippen LogP contribution in [-0.4, -0.2) is 34.3 Å². The number of alkyl halides is 3. The topological polar surface area (TPSA) is 87.3 Å². The van der Waals surface area contributed by atoms with Crippen molar-refractivity contribution in [2.75, 3.05) is 29.1 Å². The van der Waals surface area contributed by atoms with Crippen LogP contribution in [0.1, 0.15) is 37.4 Å². The number of anilines is 4. The van der Waals surface area contributed by atoms with Crippen molar-refractivity contribution in [1.29, 1.82) is 0 Å². The monoisotopic (exact) mass is 395 g/mol. The Balaban J connectivity index is 1.93. The third-order valence-electron chi connectivity index (χ3n) is 4.77. The summed E-state index contributed by atoms with van der Waals surface area (Å²) in [5, 5.41) is 12.5. The number of halogens is 3. The number of aliphatic hydroxyl groups excluding tert-OH is 1. The number of nitrogens with two attached hydrogens (primary N) is 1. The van der Waals surface area contributed by atoms with Gasteiger partial charge in [0.2, 0.25) is 5.95 Å². The average Bonchev–Trinajstić information content (AvgIpc) is 3.11. The fourth-order valence-electron chi connectivity index (χ4n) is 3.41. The number of nitrogens with one attached hydrogen (secondary N) is 1. The number of hydrogen-bond acceptors (Lipinski definition) is 6. The van der Waals surface area contributed by atoms with Crippen LogP contribution in [0.3, 0.4) is 0 Å². The van der Waals surface area contributed by atoms with Crippen molar-refractivity contribution in [2.45, 2.75) is 44.8 Å². The van der Waals surface area contributed by atoms with Gasteiger partial charge in [0.15, 0.2) is 0 Å². The van der Waals surface area contributed by atoms with Crippen LogP contribution >= 0.6 is 0 Å². The van der Waals surface area contributed by atoms with E-state index in [-0.39, 0.29) is 30.0 Å². The van der Waals surface area contributed by atoms with Gasteiger partial charge in [-0.3, -0.25) is 0 Å². The summed E-state index contributed by atoms with van der Waals surface area (Å²) in [4.78, 5) is 10.9. The number of hydrogen-bond donors (Lipinski definition) is 3. The van der Waals surface area contributed by atoms with Crippen molar-refractivity contribution < 1.29 is 18.3 Å². The zero-order chi connectivity index (χ0) is 20.3. The van der Waals surface area contributed by atoms with Crippen molar-refractivity contribution in [3.63, 3.8) is 0 Å². The number of aryl methyl sites for hydroxylation is 1. The second-order valence-corrected chi connectivity index (χ2v) is 6.89. The highest BCUT2D eigenvalue weighted by Gasteiger charge is 2.33. The number of benzene rings is 1. The highest BCUT2D eigenvalue weighted by molar-refractivity contribution is 5.63. The van der Waals surface area contributed by atoms with Crippen LogP contribution < -0.4 is 16.0 Å². The molecular formula is C19H24F3N5O. The summed E-state index contributed by atoms with van der Waals surface area (Å²) in [6.45, 7) is 2.83.